The van der Waals surface area contributed by atoms with Crippen molar-refractivity contribution in [2.24, 2.45) is 11.7 Å². The zero-order valence-corrected chi connectivity index (χ0v) is 13.3. The van der Waals surface area contributed by atoms with Crippen LogP contribution in [0, 0.1) is 19.8 Å². The van der Waals surface area contributed by atoms with Gasteiger partial charge in [-0.05, 0) is 46.7 Å². The van der Waals surface area contributed by atoms with Crippen LogP contribution in [0.3, 0.4) is 0 Å². The molecule has 2 atom stereocenters. The average Bonchev–Trinajstić information content (AvgIpc) is 2.63. The molecule has 2 N–H and O–H groups in total. The minimum Gasteiger partial charge on any atom is -0.327 e. The van der Waals surface area contributed by atoms with Crippen molar-refractivity contribution >= 4 is 11.3 Å². The van der Waals surface area contributed by atoms with Crippen LogP contribution in [0.4, 0.5) is 0 Å². The van der Waals surface area contributed by atoms with E-state index in [1.54, 1.807) is 0 Å². The number of thiazole rings is 1. The van der Waals surface area contributed by atoms with Crippen molar-refractivity contribution in [2.75, 3.05) is 13.6 Å². The van der Waals surface area contributed by atoms with Gasteiger partial charge in [0.25, 0.3) is 0 Å². The van der Waals surface area contributed by atoms with Gasteiger partial charge >= 0.3 is 0 Å². The molecule has 1 rings (SSSR count). The van der Waals surface area contributed by atoms with Crippen LogP contribution in [0.25, 0.3) is 0 Å². The van der Waals surface area contributed by atoms with Crippen LogP contribution in [0.1, 0.15) is 48.8 Å². The van der Waals surface area contributed by atoms with Gasteiger partial charge in [-0.25, -0.2) is 4.98 Å². The first-order valence-electron chi connectivity index (χ1n) is 6.72. The molecular weight excluding hydrogens is 242 g/mol. The third-order valence-electron chi connectivity index (χ3n) is 3.65. The Morgan fingerprint density at radius 2 is 1.89 bits per heavy atom. The highest BCUT2D eigenvalue weighted by atomic mass is 32.1. The maximum absolute atomic E-state index is 6.10. The van der Waals surface area contributed by atoms with E-state index >= 15 is 0 Å². The van der Waals surface area contributed by atoms with E-state index in [9.17, 15) is 0 Å². The molecule has 0 spiro atoms. The van der Waals surface area contributed by atoms with E-state index in [0.29, 0.717) is 18.0 Å². The predicted octanol–water partition coefficient (Wildman–Crippen LogP) is 3.13. The van der Waals surface area contributed by atoms with Gasteiger partial charge in [-0.1, -0.05) is 13.8 Å². The van der Waals surface area contributed by atoms with Gasteiger partial charge in [0, 0.05) is 17.0 Å². The predicted molar refractivity (Wildman–Crippen MR) is 80.1 cm³/mol. The molecule has 0 aliphatic heterocycles. The van der Waals surface area contributed by atoms with E-state index in [4.69, 9.17) is 5.73 Å². The molecule has 2 unspecified atom stereocenters. The van der Waals surface area contributed by atoms with E-state index in [-0.39, 0.29) is 0 Å². The van der Waals surface area contributed by atoms with Gasteiger partial charge in [0.1, 0.15) is 0 Å². The summed E-state index contributed by atoms with van der Waals surface area (Å²) in [6.07, 6.45) is 1.05. The van der Waals surface area contributed by atoms with Crippen LogP contribution in [0.2, 0.25) is 0 Å². The summed E-state index contributed by atoms with van der Waals surface area (Å²) >= 11 is 1.81. The Morgan fingerprint density at radius 3 is 2.33 bits per heavy atom. The van der Waals surface area contributed by atoms with Gasteiger partial charge in [0.15, 0.2) is 0 Å². The molecule has 0 aliphatic carbocycles. The molecule has 104 valence electrons. The Morgan fingerprint density at radius 1 is 1.28 bits per heavy atom. The lowest BCUT2D eigenvalue weighted by Gasteiger charge is -2.26. The first kappa shape index (κ1) is 15.6. The van der Waals surface area contributed by atoms with Crippen LogP contribution in [-0.2, 0) is 0 Å². The highest BCUT2D eigenvalue weighted by molar-refractivity contribution is 7.11. The fourth-order valence-corrected chi connectivity index (χ4v) is 3.06. The van der Waals surface area contributed by atoms with Crippen molar-refractivity contribution in [3.63, 3.8) is 0 Å². The van der Waals surface area contributed by atoms with E-state index in [1.807, 2.05) is 11.3 Å². The fourth-order valence-electron chi connectivity index (χ4n) is 2.01. The first-order valence-corrected chi connectivity index (χ1v) is 7.54. The van der Waals surface area contributed by atoms with Crippen molar-refractivity contribution in [3.8, 4) is 0 Å². The number of rotatable bonds is 6. The normalized spacial score (nSPS) is 15.4. The molecule has 0 saturated heterocycles. The summed E-state index contributed by atoms with van der Waals surface area (Å²) < 4.78 is 0. The monoisotopic (exact) mass is 269 g/mol. The molecule has 18 heavy (non-hydrogen) atoms. The van der Waals surface area contributed by atoms with E-state index < -0.39 is 0 Å². The second-order valence-corrected chi connectivity index (χ2v) is 6.77. The first-order chi connectivity index (χ1) is 8.32. The molecule has 3 nitrogen and oxygen atoms in total. The Labute approximate surface area is 115 Å². The van der Waals surface area contributed by atoms with Crippen molar-refractivity contribution < 1.29 is 0 Å². The lowest BCUT2D eigenvalue weighted by atomic mass is 10.0. The van der Waals surface area contributed by atoms with Crippen LogP contribution in [-0.4, -0.2) is 29.5 Å². The largest absolute Gasteiger partial charge is 0.327 e. The van der Waals surface area contributed by atoms with Crippen molar-refractivity contribution in [1.82, 2.24) is 9.88 Å². The molecule has 0 amide bonds. The molecule has 0 bridgehead atoms. The van der Waals surface area contributed by atoms with Gasteiger partial charge in [0.05, 0.1) is 10.7 Å². The molecular formula is C14H27N3S. The second kappa shape index (κ2) is 6.64. The second-order valence-electron chi connectivity index (χ2n) is 5.54. The lowest BCUT2D eigenvalue weighted by molar-refractivity contribution is 0.245. The van der Waals surface area contributed by atoms with Gasteiger partial charge in [-0.15, -0.1) is 11.3 Å². The molecule has 0 fully saturated rings. The molecule has 1 aromatic rings. The van der Waals surface area contributed by atoms with Crippen LogP contribution >= 0.6 is 11.3 Å². The molecule has 0 aliphatic rings. The van der Waals surface area contributed by atoms with E-state index in [1.165, 1.54) is 10.6 Å². The SMILES string of the molecule is Cc1nc(C)c(C(C)N(C)CCC(N)C(C)C)s1. The summed E-state index contributed by atoms with van der Waals surface area (Å²) in [5.74, 6) is 0.557. The Balaban J connectivity index is 2.56. The van der Waals surface area contributed by atoms with E-state index in [0.717, 1.165) is 18.0 Å². The Bertz CT molecular complexity index is 373. The number of aryl methyl sites for hydroxylation is 2. The molecule has 0 aromatic carbocycles. The minimum atomic E-state index is 0.295. The Kier molecular flexibility index (Phi) is 5.76. The number of nitrogens with zero attached hydrogens (tertiary/aromatic N) is 2. The quantitative estimate of drug-likeness (QED) is 0.862. The van der Waals surface area contributed by atoms with Crippen molar-refractivity contribution in [3.05, 3.63) is 15.6 Å². The molecule has 4 heteroatoms. The standard InChI is InChI=1S/C14H27N3S/c1-9(2)13(15)7-8-17(6)11(4)14-10(3)16-12(5)18-14/h9,11,13H,7-8,15H2,1-6H3. The number of aromatic nitrogens is 1. The third-order valence-corrected chi connectivity index (χ3v) is 4.89. The van der Waals surface area contributed by atoms with Gasteiger partial charge in [-0.2, -0.15) is 0 Å². The summed E-state index contributed by atoms with van der Waals surface area (Å²) in [6, 6.07) is 0.722. The third kappa shape index (κ3) is 4.04. The summed E-state index contributed by atoms with van der Waals surface area (Å²) in [7, 11) is 2.17. The lowest BCUT2D eigenvalue weighted by Crippen LogP contribution is -2.32. The minimum absolute atomic E-state index is 0.295. The van der Waals surface area contributed by atoms with Gasteiger partial charge in [-0.3, -0.25) is 4.90 Å². The summed E-state index contributed by atoms with van der Waals surface area (Å²) in [5.41, 5.74) is 7.27. The summed E-state index contributed by atoms with van der Waals surface area (Å²) in [4.78, 5) is 8.26. The molecule has 1 aromatic heterocycles. The number of hydrogen-bond acceptors (Lipinski definition) is 4. The molecule has 0 radical (unpaired) electrons. The number of hydrogen-bond donors (Lipinski definition) is 1. The Hall–Kier alpha value is -0.450. The molecule has 1 heterocycles. The summed E-state index contributed by atoms with van der Waals surface area (Å²) in [5, 5.41) is 1.15. The number of nitrogens with two attached hydrogens (primary N) is 1. The van der Waals surface area contributed by atoms with Crippen LogP contribution in [0.5, 0.6) is 0 Å². The topological polar surface area (TPSA) is 42.2 Å². The van der Waals surface area contributed by atoms with E-state index in [2.05, 4.69) is 51.6 Å². The maximum atomic E-state index is 6.10. The maximum Gasteiger partial charge on any atom is 0.0900 e. The van der Waals surface area contributed by atoms with Crippen molar-refractivity contribution in [2.45, 2.75) is 53.1 Å². The summed E-state index contributed by atoms with van der Waals surface area (Å²) in [6.45, 7) is 11.8. The smallest absolute Gasteiger partial charge is 0.0900 e. The van der Waals surface area contributed by atoms with Gasteiger partial charge < -0.3 is 5.73 Å². The molecule has 0 saturated carbocycles. The fraction of sp³-hybridized carbons (Fsp3) is 0.786. The van der Waals surface area contributed by atoms with Gasteiger partial charge in [0.2, 0.25) is 0 Å². The zero-order chi connectivity index (χ0) is 13.9. The highest BCUT2D eigenvalue weighted by Crippen LogP contribution is 2.28. The van der Waals surface area contributed by atoms with Crippen LogP contribution < -0.4 is 5.73 Å². The van der Waals surface area contributed by atoms with Crippen LogP contribution in [0.15, 0.2) is 0 Å². The van der Waals surface area contributed by atoms with Crippen molar-refractivity contribution in [1.29, 1.82) is 0 Å². The average molecular weight is 269 g/mol. The highest BCUT2D eigenvalue weighted by Gasteiger charge is 2.18. The zero-order valence-electron chi connectivity index (χ0n) is 12.5.